The van der Waals surface area contributed by atoms with Gasteiger partial charge in [0.25, 0.3) is 10.0 Å². The normalized spacial score (nSPS) is 12.1. The van der Waals surface area contributed by atoms with Crippen LogP contribution in [0.5, 0.6) is 0 Å². The summed E-state index contributed by atoms with van der Waals surface area (Å²) in [6, 6.07) is 15.7. The van der Waals surface area contributed by atoms with Crippen molar-refractivity contribution in [2.75, 3.05) is 6.54 Å². The van der Waals surface area contributed by atoms with Gasteiger partial charge in [0.05, 0.1) is 4.90 Å². The average Bonchev–Trinajstić information content (AvgIpc) is 3.16. The van der Waals surface area contributed by atoms with Crippen molar-refractivity contribution < 1.29 is 13.2 Å². The van der Waals surface area contributed by atoms with Gasteiger partial charge in [0.15, 0.2) is 5.65 Å². The monoisotopic (exact) mass is 533 g/mol. The Kier molecular flexibility index (Phi) is 7.60. The predicted octanol–water partition coefficient (Wildman–Crippen LogP) is 5.16. The molecule has 0 atom stereocenters. The fourth-order valence-electron chi connectivity index (χ4n) is 4.34. The van der Waals surface area contributed by atoms with Crippen LogP contribution in [0.1, 0.15) is 49.0 Å². The number of urea groups is 1. The number of rotatable bonds is 7. The third-order valence-corrected chi connectivity index (χ3v) is 7.49. The fraction of sp³-hybridized carbons (Fsp3) is 0.345. The number of fused-ring (bicyclic) bond motifs is 1. The first kappa shape index (κ1) is 27.3. The first-order valence-electron chi connectivity index (χ1n) is 12.6. The number of amides is 2. The predicted molar refractivity (Wildman–Crippen MR) is 150 cm³/mol. The first-order valence-corrected chi connectivity index (χ1v) is 14.1. The zero-order chi connectivity index (χ0) is 27.7. The van der Waals surface area contributed by atoms with Crippen molar-refractivity contribution in [2.24, 2.45) is 5.41 Å². The van der Waals surface area contributed by atoms with Gasteiger partial charge in [-0.15, -0.1) is 0 Å². The number of nitrogens with one attached hydrogen (secondary N) is 2. The molecular weight excluding hydrogens is 498 g/mol. The van der Waals surface area contributed by atoms with E-state index in [9.17, 15) is 13.2 Å². The number of imidazole rings is 1. The van der Waals surface area contributed by atoms with E-state index in [-0.39, 0.29) is 16.9 Å². The van der Waals surface area contributed by atoms with E-state index in [0.717, 1.165) is 51.5 Å². The summed E-state index contributed by atoms with van der Waals surface area (Å²) < 4.78 is 29.0. The minimum absolute atomic E-state index is 0.0478. The van der Waals surface area contributed by atoms with Gasteiger partial charge in [-0.25, -0.2) is 27.9 Å². The molecular formula is C29H35N5O3S. The molecule has 0 fully saturated rings. The van der Waals surface area contributed by atoms with Gasteiger partial charge in [-0.05, 0) is 74.1 Å². The summed E-state index contributed by atoms with van der Waals surface area (Å²) in [6.07, 6.45) is 1.35. The molecule has 38 heavy (non-hydrogen) atoms. The van der Waals surface area contributed by atoms with Gasteiger partial charge in [0.1, 0.15) is 11.3 Å². The van der Waals surface area contributed by atoms with Crippen LogP contribution in [0, 0.1) is 26.2 Å². The molecule has 0 aliphatic rings. The molecule has 0 saturated carbocycles. The lowest BCUT2D eigenvalue weighted by Gasteiger charge is -2.19. The molecule has 2 aromatic carbocycles. The standard InChI is InChI=1S/C29H35N5O3S/c1-19-7-13-24(14-8-19)38(36,37)33-28(35)30-16-15-22-9-11-23(12-10-22)34-25(18-29(4,5)6)32-26-20(2)17-21(3)31-27(26)34/h7-14,17H,15-16,18H2,1-6H3,(H2,30,33,35). The molecule has 2 aromatic heterocycles. The van der Waals surface area contributed by atoms with Crippen LogP contribution in [-0.2, 0) is 22.9 Å². The Labute approximate surface area is 224 Å². The fourth-order valence-corrected chi connectivity index (χ4v) is 5.26. The van der Waals surface area contributed by atoms with Crippen molar-refractivity contribution in [1.82, 2.24) is 24.6 Å². The number of aryl methyl sites for hydroxylation is 3. The summed E-state index contributed by atoms with van der Waals surface area (Å²) in [4.78, 5) is 22.0. The number of benzene rings is 2. The van der Waals surface area contributed by atoms with Gasteiger partial charge >= 0.3 is 6.03 Å². The molecule has 0 aliphatic carbocycles. The van der Waals surface area contributed by atoms with E-state index in [2.05, 4.69) is 48.4 Å². The molecule has 0 aliphatic heterocycles. The lowest BCUT2D eigenvalue weighted by Crippen LogP contribution is -2.40. The molecule has 0 radical (unpaired) electrons. The summed E-state index contributed by atoms with van der Waals surface area (Å²) in [5.74, 6) is 0.967. The van der Waals surface area contributed by atoms with E-state index in [1.165, 1.54) is 12.1 Å². The second-order valence-electron chi connectivity index (χ2n) is 10.9. The van der Waals surface area contributed by atoms with Gasteiger partial charge in [-0.1, -0.05) is 50.6 Å². The molecule has 2 heterocycles. The number of nitrogens with zero attached hydrogens (tertiary/aromatic N) is 3. The van der Waals surface area contributed by atoms with Crippen molar-refractivity contribution in [3.8, 4) is 5.69 Å². The molecule has 0 unspecified atom stereocenters. The number of sulfonamides is 1. The van der Waals surface area contributed by atoms with Crippen LogP contribution >= 0.6 is 0 Å². The summed E-state index contributed by atoms with van der Waals surface area (Å²) in [6.45, 7) is 12.8. The topological polar surface area (TPSA) is 106 Å². The second-order valence-corrected chi connectivity index (χ2v) is 12.6. The maximum Gasteiger partial charge on any atom is 0.328 e. The van der Waals surface area contributed by atoms with Crippen molar-refractivity contribution in [3.05, 3.63) is 82.8 Å². The van der Waals surface area contributed by atoms with Crippen molar-refractivity contribution in [2.45, 2.75) is 59.3 Å². The molecule has 0 saturated heterocycles. The second kappa shape index (κ2) is 10.6. The van der Waals surface area contributed by atoms with Crippen molar-refractivity contribution in [1.29, 1.82) is 0 Å². The highest BCUT2D eigenvalue weighted by atomic mass is 32.2. The van der Waals surface area contributed by atoms with E-state index in [1.54, 1.807) is 12.1 Å². The molecule has 4 aromatic rings. The number of carbonyl (C=O) groups excluding carboxylic acids is 1. The summed E-state index contributed by atoms with van der Waals surface area (Å²) in [5.41, 5.74) is 6.79. The minimum Gasteiger partial charge on any atom is -0.337 e. The maximum atomic E-state index is 12.4. The lowest BCUT2D eigenvalue weighted by molar-refractivity contribution is 0.246. The highest BCUT2D eigenvalue weighted by Crippen LogP contribution is 2.28. The van der Waals surface area contributed by atoms with Crippen LogP contribution < -0.4 is 10.0 Å². The maximum absolute atomic E-state index is 12.4. The van der Waals surface area contributed by atoms with E-state index < -0.39 is 16.1 Å². The molecule has 2 amide bonds. The third kappa shape index (κ3) is 6.39. The molecule has 4 rings (SSSR count). The largest absolute Gasteiger partial charge is 0.337 e. The molecule has 2 N–H and O–H groups in total. The average molecular weight is 534 g/mol. The Morgan fingerprint density at radius 2 is 1.61 bits per heavy atom. The zero-order valence-corrected chi connectivity index (χ0v) is 23.6. The lowest BCUT2D eigenvalue weighted by atomic mass is 9.92. The van der Waals surface area contributed by atoms with Crippen LogP contribution in [0.2, 0.25) is 0 Å². The summed E-state index contributed by atoms with van der Waals surface area (Å²) in [7, 11) is -3.92. The number of aromatic nitrogens is 3. The number of pyridine rings is 1. The smallest absolute Gasteiger partial charge is 0.328 e. The Morgan fingerprint density at radius 3 is 2.24 bits per heavy atom. The quantitative estimate of drug-likeness (QED) is 0.341. The van der Waals surface area contributed by atoms with Gasteiger partial charge < -0.3 is 5.32 Å². The van der Waals surface area contributed by atoms with E-state index in [4.69, 9.17) is 9.97 Å². The minimum atomic E-state index is -3.92. The number of carbonyl (C=O) groups is 1. The highest BCUT2D eigenvalue weighted by Gasteiger charge is 2.21. The summed E-state index contributed by atoms with van der Waals surface area (Å²) in [5, 5.41) is 2.63. The highest BCUT2D eigenvalue weighted by molar-refractivity contribution is 7.90. The molecule has 0 spiro atoms. The Morgan fingerprint density at radius 1 is 0.947 bits per heavy atom. The van der Waals surface area contributed by atoms with Crippen molar-refractivity contribution >= 4 is 27.2 Å². The Hall–Kier alpha value is -3.72. The van der Waals surface area contributed by atoms with Gasteiger partial charge in [0.2, 0.25) is 0 Å². The SMILES string of the molecule is Cc1ccc(S(=O)(=O)NC(=O)NCCc2ccc(-n3c(CC(C)(C)C)nc4c(C)cc(C)nc43)cc2)cc1. The molecule has 9 heteroatoms. The first-order chi connectivity index (χ1) is 17.8. The zero-order valence-electron chi connectivity index (χ0n) is 22.8. The molecule has 200 valence electrons. The summed E-state index contributed by atoms with van der Waals surface area (Å²) >= 11 is 0. The van der Waals surface area contributed by atoms with Gasteiger partial charge in [0, 0.05) is 24.3 Å². The molecule has 0 bridgehead atoms. The van der Waals surface area contributed by atoms with E-state index in [1.807, 2.05) is 38.1 Å². The number of hydrogen-bond donors (Lipinski definition) is 2. The van der Waals surface area contributed by atoms with Crippen LogP contribution in [-0.4, -0.2) is 35.5 Å². The van der Waals surface area contributed by atoms with E-state index >= 15 is 0 Å². The van der Waals surface area contributed by atoms with Crippen molar-refractivity contribution in [3.63, 3.8) is 0 Å². The molecule has 8 nitrogen and oxygen atoms in total. The van der Waals surface area contributed by atoms with Crippen LogP contribution in [0.25, 0.3) is 16.9 Å². The van der Waals surface area contributed by atoms with Gasteiger partial charge in [-0.3, -0.25) is 4.57 Å². The van der Waals surface area contributed by atoms with Gasteiger partial charge in [-0.2, -0.15) is 0 Å². The van der Waals surface area contributed by atoms with E-state index in [0.29, 0.717) is 6.42 Å². The Balaban J connectivity index is 1.46. The van der Waals surface area contributed by atoms with Crippen LogP contribution in [0.4, 0.5) is 4.79 Å². The Bertz CT molecular complexity index is 1570. The third-order valence-electron chi connectivity index (χ3n) is 6.14. The van der Waals surface area contributed by atoms with Crippen LogP contribution in [0.15, 0.2) is 59.5 Å². The van der Waals surface area contributed by atoms with Crippen LogP contribution in [0.3, 0.4) is 0 Å². The number of hydrogen-bond acceptors (Lipinski definition) is 5.